The molecule has 118 valence electrons. The minimum atomic E-state index is -0.0294. The van der Waals surface area contributed by atoms with E-state index in [2.05, 4.69) is 59.3 Å². The van der Waals surface area contributed by atoms with Gasteiger partial charge < -0.3 is 10.2 Å². The van der Waals surface area contributed by atoms with Crippen LogP contribution in [-0.2, 0) is 12.2 Å². The van der Waals surface area contributed by atoms with Crippen LogP contribution in [0.4, 0.5) is 0 Å². The number of hydrogen-bond acceptors (Lipinski definition) is 4. The fourth-order valence-corrected chi connectivity index (χ4v) is 3.09. The number of aromatic nitrogens is 2. The van der Waals surface area contributed by atoms with Crippen molar-refractivity contribution in [3.05, 3.63) is 77.2 Å². The molecule has 5 heteroatoms. The molecule has 2 aromatic carbocycles. The van der Waals surface area contributed by atoms with Gasteiger partial charge in [-0.05, 0) is 18.1 Å². The van der Waals surface area contributed by atoms with Crippen molar-refractivity contribution >= 4 is 11.8 Å². The zero-order valence-corrected chi connectivity index (χ0v) is 13.9. The molecule has 1 atom stereocenters. The van der Waals surface area contributed by atoms with Gasteiger partial charge in [-0.2, -0.15) is 0 Å². The van der Waals surface area contributed by atoms with Gasteiger partial charge in [0.05, 0.1) is 0 Å². The summed E-state index contributed by atoms with van der Waals surface area (Å²) in [4.78, 5) is 0. The molecular formula is C18H20N3OS+. The molecule has 1 heterocycles. The summed E-state index contributed by atoms with van der Waals surface area (Å²) >= 11 is 1.56. The molecule has 3 aromatic rings. The van der Waals surface area contributed by atoms with E-state index < -0.39 is 0 Å². The summed E-state index contributed by atoms with van der Waals surface area (Å²) in [6.45, 7) is 2.09. The molecule has 1 aromatic heterocycles. The number of nitrogens with zero attached hydrogens (tertiary/aromatic N) is 2. The maximum absolute atomic E-state index is 5.75. The Morgan fingerprint density at radius 1 is 1.04 bits per heavy atom. The van der Waals surface area contributed by atoms with Gasteiger partial charge in [0.15, 0.2) is 6.04 Å². The van der Waals surface area contributed by atoms with E-state index >= 15 is 0 Å². The number of quaternary nitrogens is 1. The molecule has 0 fully saturated rings. The lowest BCUT2D eigenvalue weighted by atomic mass is 10.1. The minimum Gasteiger partial charge on any atom is -0.410 e. The monoisotopic (exact) mass is 326 g/mol. The van der Waals surface area contributed by atoms with Crippen LogP contribution in [0.5, 0.6) is 0 Å². The van der Waals surface area contributed by atoms with Gasteiger partial charge in [-0.25, -0.2) is 0 Å². The van der Waals surface area contributed by atoms with E-state index in [-0.39, 0.29) is 6.04 Å². The Balaban J connectivity index is 1.59. The zero-order valence-electron chi connectivity index (χ0n) is 13.1. The van der Waals surface area contributed by atoms with Crippen molar-refractivity contribution in [2.45, 2.75) is 30.4 Å². The molecule has 0 saturated heterocycles. The summed E-state index contributed by atoms with van der Waals surface area (Å²) in [7, 11) is 0. The molecule has 0 bridgehead atoms. The Kier molecular flexibility index (Phi) is 5.10. The van der Waals surface area contributed by atoms with E-state index in [0.717, 1.165) is 12.2 Å². The summed E-state index contributed by atoms with van der Waals surface area (Å²) in [6, 6.07) is 18.6. The number of thioether (sulfide) groups is 1. The first kappa shape index (κ1) is 15.8. The van der Waals surface area contributed by atoms with Gasteiger partial charge in [-0.1, -0.05) is 71.9 Å². The summed E-state index contributed by atoms with van der Waals surface area (Å²) < 4.78 is 5.75. The highest BCUT2D eigenvalue weighted by Gasteiger charge is 2.18. The third-order valence-electron chi connectivity index (χ3n) is 3.54. The van der Waals surface area contributed by atoms with Gasteiger partial charge in [0.2, 0.25) is 0 Å². The third-order valence-corrected chi connectivity index (χ3v) is 4.43. The summed E-state index contributed by atoms with van der Waals surface area (Å²) in [5, 5.41) is 8.86. The Morgan fingerprint density at radius 2 is 1.83 bits per heavy atom. The Morgan fingerprint density at radius 3 is 2.61 bits per heavy atom. The summed E-state index contributed by atoms with van der Waals surface area (Å²) in [5.41, 5.74) is 7.88. The highest BCUT2D eigenvalue weighted by molar-refractivity contribution is 7.98. The minimum absolute atomic E-state index is 0.0294. The molecule has 0 spiro atoms. The number of hydrogen-bond donors (Lipinski definition) is 1. The lowest BCUT2D eigenvalue weighted by Crippen LogP contribution is -2.54. The fraction of sp³-hybridized carbons (Fsp3) is 0.222. The summed E-state index contributed by atoms with van der Waals surface area (Å²) in [5.74, 6) is 1.42. The highest BCUT2D eigenvalue weighted by Crippen LogP contribution is 2.23. The largest absolute Gasteiger partial charge is 0.410 e. The predicted molar refractivity (Wildman–Crippen MR) is 90.8 cm³/mol. The maximum Gasteiger partial charge on any atom is 0.277 e. The smallest absolute Gasteiger partial charge is 0.277 e. The Bertz CT molecular complexity index is 758. The van der Waals surface area contributed by atoms with Gasteiger partial charge in [-0.15, -0.1) is 10.2 Å². The second-order valence-corrected chi connectivity index (χ2v) is 6.50. The molecule has 0 aliphatic carbocycles. The second-order valence-electron chi connectivity index (χ2n) is 5.57. The second kappa shape index (κ2) is 7.44. The number of benzene rings is 2. The molecule has 0 saturated carbocycles. The van der Waals surface area contributed by atoms with E-state index in [1.54, 1.807) is 11.8 Å². The number of aryl methyl sites for hydroxylation is 1. The van der Waals surface area contributed by atoms with Gasteiger partial charge in [-0.3, -0.25) is 0 Å². The van der Waals surface area contributed by atoms with Crippen LogP contribution < -0.4 is 5.73 Å². The molecule has 3 rings (SSSR count). The van der Waals surface area contributed by atoms with Crippen LogP contribution in [0.1, 0.15) is 28.6 Å². The maximum atomic E-state index is 5.75. The molecule has 0 aliphatic heterocycles. The van der Waals surface area contributed by atoms with Crippen molar-refractivity contribution in [3.63, 3.8) is 0 Å². The van der Waals surface area contributed by atoms with Crippen molar-refractivity contribution in [1.82, 2.24) is 10.2 Å². The fourth-order valence-electron chi connectivity index (χ4n) is 2.38. The number of rotatable bonds is 6. The first-order valence-corrected chi connectivity index (χ1v) is 8.58. The van der Waals surface area contributed by atoms with Crippen LogP contribution in [0.15, 0.2) is 64.2 Å². The molecule has 4 nitrogen and oxygen atoms in total. The molecule has 1 unspecified atom stereocenters. The molecule has 0 amide bonds. The van der Waals surface area contributed by atoms with E-state index in [9.17, 15) is 0 Å². The van der Waals surface area contributed by atoms with E-state index in [4.69, 9.17) is 4.42 Å². The van der Waals surface area contributed by atoms with Crippen molar-refractivity contribution in [1.29, 1.82) is 0 Å². The Labute approximate surface area is 140 Å². The van der Waals surface area contributed by atoms with Gasteiger partial charge in [0, 0.05) is 12.2 Å². The quantitative estimate of drug-likeness (QED) is 0.706. The van der Waals surface area contributed by atoms with Crippen molar-refractivity contribution in [2.24, 2.45) is 0 Å². The predicted octanol–water partition coefficient (Wildman–Crippen LogP) is 3.20. The average Bonchev–Trinajstić information content (AvgIpc) is 3.03. The molecule has 0 aliphatic rings. The SMILES string of the molecule is Cc1cccc(CSc2nnc(C([NH3+])Cc3ccccc3)o2)c1. The van der Waals surface area contributed by atoms with Crippen molar-refractivity contribution in [2.75, 3.05) is 0 Å². The van der Waals surface area contributed by atoms with E-state index in [1.807, 2.05) is 18.2 Å². The van der Waals surface area contributed by atoms with Crippen LogP contribution >= 0.6 is 11.8 Å². The molecular weight excluding hydrogens is 306 g/mol. The van der Waals surface area contributed by atoms with Crippen LogP contribution in [0, 0.1) is 6.92 Å². The lowest BCUT2D eigenvalue weighted by Gasteiger charge is -2.03. The van der Waals surface area contributed by atoms with Crippen LogP contribution in [-0.4, -0.2) is 10.2 Å². The van der Waals surface area contributed by atoms with E-state index in [1.165, 1.54) is 16.7 Å². The van der Waals surface area contributed by atoms with Gasteiger partial charge >= 0.3 is 0 Å². The highest BCUT2D eigenvalue weighted by atomic mass is 32.2. The lowest BCUT2D eigenvalue weighted by molar-refractivity contribution is -0.431. The standard InChI is InChI=1S/C18H19N3OS/c1-13-6-5-9-15(10-13)12-23-18-21-20-17(22-18)16(19)11-14-7-3-2-4-8-14/h2-10,16H,11-12,19H2,1H3/p+1. The molecule has 23 heavy (non-hydrogen) atoms. The first-order chi connectivity index (χ1) is 11.2. The van der Waals surface area contributed by atoms with Crippen molar-refractivity contribution < 1.29 is 10.2 Å². The first-order valence-electron chi connectivity index (χ1n) is 7.59. The zero-order chi connectivity index (χ0) is 16.1. The van der Waals surface area contributed by atoms with Crippen molar-refractivity contribution in [3.8, 4) is 0 Å². The van der Waals surface area contributed by atoms with Crippen LogP contribution in [0.2, 0.25) is 0 Å². The normalized spacial score (nSPS) is 12.3. The topological polar surface area (TPSA) is 66.6 Å². The molecule has 0 radical (unpaired) electrons. The summed E-state index contributed by atoms with van der Waals surface area (Å²) in [6.07, 6.45) is 0.797. The van der Waals surface area contributed by atoms with Gasteiger partial charge in [0.1, 0.15) is 0 Å². The van der Waals surface area contributed by atoms with Crippen LogP contribution in [0.25, 0.3) is 0 Å². The third kappa shape index (κ3) is 4.43. The Hall–Kier alpha value is -2.11. The molecule has 3 N–H and O–H groups in total. The van der Waals surface area contributed by atoms with Crippen LogP contribution in [0.3, 0.4) is 0 Å². The average molecular weight is 326 g/mol. The van der Waals surface area contributed by atoms with Gasteiger partial charge in [0.25, 0.3) is 11.1 Å². The van der Waals surface area contributed by atoms with E-state index in [0.29, 0.717) is 11.1 Å².